The molecule has 0 saturated heterocycles. The molecule has 0 fully saturated rings. The molecule has 1 heterocycles. The smallest absolute Gasteiger partial charge is 0.329 e. The SMILES string of the molecule is CS(=O)CCNc1nc(N)ncc1[N+](=O)[O-]. The van der Waals surface area contributed by atoms with E-state index in [1.54, 1.807) is 6.26 Å². The van der Waals surface area contributed by atoms with E-state index in [-0.39, 0.29) is 17.5 Å². The summed E-state index contributed by atoms with van der Waals surface area (Å²) in [7, 11) is -0.969. The van der Waals surface area contributed by atoms with Gasteiger partial charge in [0.05, 0.1) is 4.92 Å². The second-order valence-electron chi connectivity index (χ2n) is 2.92. The van der Waals surface area contributed by atoms with Gasteiger partial charge in [-0.05, 0) is 0 Å². The Bertz CT molecular complexity index is 424. The van der Waals surface area contributed by atoms with Crippen molar-refractivity contribution in [2.75, 3.05) is 29.6 Å². The van der Waals surface area contributed by atoms with Gasteiger partial charge in [-0.2, -0.15) is 4.98 Å². The zero-order chi connectivity index (χ0) is 12.1. The zero-order valence-corrected chi connectivity index (χ0v) is 9.36. The summed E-state index contributed by atoms with van der Waals surface area (Å²) in [6.45, 7) is 0.320. The molecule has 16 heavy (non-hydrogen) atoms. The van der Waals surface area contributed by atoms with Gasteiger partial charge < -0.3 is 11.1 Å². The van der Waals surface area contributed by atoms with Crippen molar-refractivity contribution < 1.29 is 9.13 Å². The van der Waals surface area contributed by atoms with Gasteiger partial charge in [0, 0.05) is 29.4 Å². The number of nitrogens with zero attached hydrogens (tertiary/aromatic N) is 3. The molecule has 88 valence electrons. The third kappa shape index (κ3) is 3.42. The molecule has 0 aliphatic heterocycles. The average molecular weight is 245 g/mol. The van der Waals surface area contributed by atoms with Crippen molar-refractivity contribution in [3.8, 4) is 0 Å². The first-order valence-corrected chi connectivity index (χ1v) is 6.04. The van der Waals surface area contributed by atoms with E-state index in [0.29, 0.717) is 12.3 Å². The van der Waals surface area contributed by atoms with Crippen LogP contribution >= 0.6 is 0 Å². The lowest BCUT2D eigenvalue weighted by Crippen LogP contribution is -2.13. The molecule has 0 aliphatic carbocycles. The summed E-state index contributed by atoms with van der Waals surface area (Å²) in [5.74, 6) is 0.370. The van der Waals surface area contributed by atoms with Crippen molar-refractivity contribution in [1.82, 2.24) is 9.97 Å². The van der Waals surface area contributed by atoms with Crippen LogP contribution in [0.1, 0.15) is 0 Å². The molecule has 1 unspecified atom stereocenters. The largest absolute Gasteiger partial charge is 0.368 e. The van der Waals surface area contributed by atoms with E-state index >= 15 is 0 Å². The minimum absolute atomic E-state index is 0.0444. The summed E-state index contributed by atoms with van der Waals surface area (Å²) < 4.78 is 10.8. The van der Waals surface area contributed by atoms with Crippen LogP contribution in [-0.2, 0) is 10.8 Å². The van der Waals surface area contributed by atoms with Gasteiger partial charge >= 0.3 is 5.69 Å². The Balaban J connectivity index is 2.80. The number of nitrogen functional groups attached to an aromatic ring is 1. The topological polar surface area (TPSA) is 124 Å². The number of nitrogens with one attached hydrogen (secondary N) is 1. The van der Waals surface area contributed by atoms with E-state index in [2.05, 4.69) is 15.3 Å². The summed E-state index contributed by atoms with van der Waals surface area (Å²) >= 11 is 0. The zero-order valence-electron chi connectivity index (χ0n) is 8.54. The van der Waals surface area contributed by atoms with Crippen LogP contribution < -0.4 is 11.1 Å². The van der Waals surface area contributed by atoms with Crippen LogP contribution in [0.3, 0.4) is 0 Å². The fourth-order valence-corrected chi connectivity index (χ4v) is 1.36. The van der Waals surface area contributed by atoms with Crippen LogP contribution in [-0.4, -0.2) is 37.7 Å². The molecule has 0 amide bonds. The number of hydrogen-bond donors (Lipinski definition) is 2. The fourth-order valence-electron chi connectivity index (χ4n) is 0.966. The molecular formula is C7H11N5O3S. The molecule has 9 heteroatoms. The van der Waals surface area contributed by atoms with Crippen molar-refractivity contribution in [2.45, 2.75) is 0 Å². The second-order valence-corrected chi connectivity index (χ2v) is 4.48. The summed E-state index contributed by atoms with van der Waals surface area (Å²) in [6.07, 6.45) is 2.58. The van der Waals surface area contributed by atoms with Crippen LogP contribution in [0.15, 0.2) is 6.20 Å². The molecule has 1 aromatic rings. The van der Waals surface area contributed by atoms with Crippen LogP contribution in [0.5, 0.6) is 0 Å². The molecule has 1 rings (SSSR count). The molecular weight excluding hydrogens is 234 g/mol. The van der Waals surface area contributed by atoms with Gasteiger partial charge in [-0.15, -0.1) is 0 Å². The third-order valence-corrected chi connectivity index (χ3v) is 2.45. The van der Waals surface area contributed by atoms with E-state index < -0.39 is 15.7 Å². The highest BCUT2D eigenvalue weighted by molar-refractivity contribution is 7.84. The van der Waals surface area contributed by atoms with Gasteiger partial charge in [0.15, 0.2) is 0 Å². The van der Waals surface area contributed by atoms with Crippen molar-refractivity contribution in [3.05, 3.63) is 16.3 Å². The quantitative estimate of drug-likeness (QED) is 0.541. The predicted octanol–water partition coefficient (Wildman–Crippen LogP) is -0.243. The van der Waals surface area contributed by atoms with Gasteiger partial charge in [0.1, 0.15) is 6.20 Å². The number of nitro groups is 1. The molecule has 0 spiro atoms. The number of anilines is 2. The van der Waals surface area contributed by atoms with Crippen molar-refractivity contribution in [3.63, 3.8) is 0 Å². The monoisotopic (exact) mass is 245 g/mol. The van der Waals surface area contributed by atoms with Gasteiger partial charge in [0.2, 0.25) is 11.8 Å². The molecule has 0 radical (unpaired) electrons. The molecule has 1 atom stereocenters. The highest BCUT2D eigenvalue weighted by Crippen LogP contribution is 2.20. The van der Waals surface area contributed by atoms with Gasteiger partial charge in [-0.3, -0.25) is 14.3 Å². The van der Waals surface area contributed by atoms with Crippen molar-refractivity contribution >= 4 is 28.3 Å². The maximum Gasteiger partial charge on any atom is 0.329 e. The average Bonchev–Trinajstić information content (AvgIpc) is 2.16. The second kappa shape index (κ2) is 5.35. The minimum Gasteiger partial charge on any atom is -0.368 e. The molecule has 0 aliphatic rings. The molecule has 3 N–H and O–H groups in total. The number of aromatic nitrogens is 2. The first-order valence-electron chi connectivity index (χ1n) is 4.31. The Labute approximate surface area is 93.9 Å². The Kier molecular flexibility index (Phi) is 4.11. The summed E-state index contributed by atoms with van der Waals surface area (Å²) in [4.78, 5) is 17.2. The third-order valence-electron chi connectivity index (χ3n) is 1.67. The highest BCUT2D eigenvalue weighted by atomic mass is 32.2. The van der Waals surface area contributed by atoms with Crippen LogP contribution in [0.4, 0.5) is 17.5 Å². The Morgan fingerprint density at radius 2 is 2.38 bits per heavy atom. The van der Waals surface area contributed by atoms with E-state index in [4.69, 9.17) is 5.73 Å². The lowest BCUT2D eigenvalue weighted by atomic mass is 10.4. The van der Waals surface area contributed by atoms with Gasteiger partial charge in [-0.1, -0.05) is 0 Å². The first kappa shape index (κ1) is 12.3. The van der Waals surface area contributed by atoms with E-state index in [0.717, 1.165) is 6.20 Å². The number of rotatable bonds is 5. The van der Waals surface area contributed by atoms with Crippen LogP contribution in [0.25, 0.3) is 0 Å². The van der Waals surface area contributed by atoms with Crippen LogP contribution in [0.2, 0.25) is 0 Å². The maximum atomic E-state index is 10.8. The summed E-state index contributed by atoms with van der Waals surface area (Å²) in [6, 6.07) is 0. The van der Waals surface area contributed by atoms with E-state index in [9.17, 15) is 14.3 Å². The summed E-state index contributed by atoms with van der Waals surface area (Å²) in [5, 5.41) is 13.3. The summed E-state index contributed by atoms with van der Waals surface area (Å²) in [5.41, 5.74) is 5.06. The number of hydrogen-bond acceptors (Lipinski definition) is 7. The predicted molar refractivity (Wildman–Crippen MR) is 60.5 cm³/mol. The normalized spacial score (nSPS) is 12.1. The Hall–Kier alpha value is -1.77. The minimum atomic E-state index is -0.969. The lowest BCUT2D eigenvalue weighted by Gasteiger charge is -2.04. The van der Waals surface area contributed by atoms with Gasteiger partial charge in [-0.25, -0.2) is 4.98 Å². The fraction of sp³-hybridized carbons (Fsp3) is 0.429. The van der Waals surface area contributed by atoms with Crippen molar-refractivity contribution in [2.24, 2.45) is 0 Å². The molecule has 8 nitrogen and oxygen atoms in total. The van der Waals surface area contributed by atoms with Crippen molar-refractivity contribution in [1.29, 1.82) is 0 Å². The van der Waals surface area contributed by atoms with Crippen LogP contribution in [0, 0.1) is 10.1 Å². The van der Waals surface area contributed by atoms with E-state index in [1.807, 2.05) is 0 Å². The Morgan fingerprint density at radius 3 is 2.94 bits per heavy atom. The first-order chi connectivity index (χ1) is 7.50. The van der Waals surface area contributed by atoms with E-state index in [1.165, 1.54) is 0 Å². The standard InChI is InChI=1S/C7H11N5O3S/c1-16(15)3-2-9-6-5(12(13)14)4-10-7(8)11-6/h4H,2-3H2,1H3,(H3,8,9,10,11). The Morgan fingerprint density at radius 1 is 1.69 bits per heavy atom. The number of nitrogens with two attached hydrogens (primary N) is 1. The maximum absolute atomic E-state index is 10.8. The molecule has 0 aromatic carbocycles. The lowest BCUT2D eigenvalue weighted by molar-refractivity contribution is -0.384. The highest BCUT2D eigenvalue weighted by Gasteiger charge is 2.15. The molecule has 0 bridgehead atoms. The molecule has 0 saturated carbocycles. The molecule has 1 aromatic heterocycles. The van der Waals surface area contributed by atoms with Gasteiger partial charge in [0.25, 0.3) is 0 Å².